The number of aryl methyl sites for hydroxylation is 1. The predicted octanol–water partition coefficient (Wildman–Crippen LogP) is 3.67. The molecular formula is C22H26N2O4. The van der Waals surface area contributed by atoms with Crippen molar-refractivity contribution in [3.8, 4) is 5.75 Å². The van der Waals surface area contributed by atoms with E-state index in [1.807, 2.05) is 48.2 Å². The molecule has 1 fully saturated rings. The molecule has 0 bridgehead atoms. The van der Waals surface area contributed by atoms with Crippen molar-refractivity contribution < 1.29 is 18.7 Å². The largest absolute Gasteiger partial charge is 0.479 e. The third-order valence-electron chi connectivity index (χ3n) is 5.57. The van der Waals surface area contributed by atoms with Gasteiger partial charge in [-0.2, -0.15) is 0 Å². The standard InChI is InChI=1S/C22H26N2O4/c1-15-11-12-18(27-15)13-23(17-7-3-4-8-17)21(25)14-24-19-9-5-6-10-20(19)28-16(2)22(24)26/h5-6,9-12,16-17H,3-4,7-8,13-14H2,1-2H3. The van der Waals surface area contributed by atoms with Gasteiger partial charge in [0.25, 0.3) is 5.91 Å². The van der Waals surface area contributed by atoms with E-state index in [2.05, 4.69) is 0 Å². The van der Waals surface area contributed by atoms with Gasteiger partial charge in [-0.05, 0) is 51.0 Å². The lowest BCUT2D eigenvalue weighted by Gasteiger charge is -2.35. The van der Waals surface area contributed by atoms with Crippen LogP contribution >= 0.6 is 0 Å². The summed E-state index contributed by atoms with van der Waals surface area (Å²) in [5, 5.41) is 0. The summed E-state index contributed by atoms with van der Waals surface area (Å²) in [6, 6.07) is 11.4. The maximum absolute atomic E-state index is 13.3. The summed E-state index contributed by atoms with van der Waals surface area (Å²) >= 11 is 0. The number of para-hydroxylation sites is 2. The van der Waals surface area contributed by atoms with Crippen molar-refractivity contribution in [2.45, 2.75) is 58.2 Å². The van der Waals surface area contributed by atoms with Gasteiger partial charge in [-0.1, -0.05) is 25.0 Å². The van der Waals surface area contributed by atoms with Gasteiger partial charge in [0, 0.05) is 6.04 Å². The Labute approximate surface area is 165 Å². The lowest BCUT2D eigenvalue weighted by molar-refractivity contribution is -0.135. The highest BCUT2D eigenvalue weighted by molar-refractivity contribution is 6.03. The minimum Gasteiger partial charge on any atom is -0.479 e. The summed E-state index contributed by atoms with van der Waals surface area (Å²) in [6.07, 6.45) is 3.64. The van der Waals surface area contributed by atoms with Gasteiger partial charge < -0.3 is 14.1 Å². The number of anilines is 1. The van der Waals surface area contributed by atoms with E-state index in [1.54, 1.807) is 11.8 Å². The SMILES string of the molecule is Cc1ccc(CN(C(=O)CN2C(=O)C(C)Oc3ccccc32)C2CCCC2)o1. The number of furan rings is 1. The first-order chi connectivity index (χ1) is 13.5. The minimum atomic E-state index is -0.602. The first-order valence-electron chi connectivity index (χ1n) is 9.95. The van der Waals surface area contributed by atoms with Crippen LogP contribution in [-0.4, -0.2) is 35.4 Å². The zero-order chi connectivity index (χ0) is 19.7. The third-order valence-corrected chi connectivity index (χ3v) is 5.57. The monoisotopic (exact) mass is 382 g/mol. The van der Waals surface area contributed by atoms with Crippen LogP contribution in [0.3, 0.4) is 0 Å². The number of hydrogen-bond donors (Lipinski definition) is 0. The van der Waals surface area contributed by atoms with Crippen LogP contribution in [0.25, 0.3) is 0 Å². The van der Waals surface area contributed by atoms with Crippen LogP contribution in [0.4, 0.5) is 5.69 Å². The van der Waals surface area contributed by atoms with Gasteiger partial charge in [0.15, 0.2) is 6.10 Å². The average molecular weight is 382 g/mol. The Morgan fingerprint density at radius 3 is 2.64 bits per heavy atom. The fourth-order valence-corrected chi connectivity index (χ4v) is 4.12. The maximum Gasteiger partial charge on any atom is 0.268 e. The topological polar surface area (TPSA) is 63.0 Å². The quantitative estimate of drug-likeness (QED) is 0.791. The van der Waals surface area contributed by atoms with Crippen molar-refractivity contribution in [2.24, 2.45) is 0 Å². The molecule has 1 atom stereocenters. The normalized spacial score (nSPS) is 19.4. The number of hydrogen-bond acceptors (Lipinski definition) is 4. The molecule has 1 unspecified atom stereocenters. The molecule has 1 aromatic carbocycles. The predicted molar refractivity (Wildman–Crippen MR) is 105 cm³/mol. The summed E-state index contributed by atoms with van der Waals surface area (Å²) < 4.78 is 11.4. The Hall–Kier alpha value is -2.76. The molecule has 2 aliphatic rings. The van der Waals surface area contributed by atoms with E-state index in [4.69, 9.17) is 9.15 Å². The average Bonchev–Trinajstić information content (AvgIpc) is 3.35. The van der Waals surface area contributed by atoms with Gasteiger partial charge in [-0.3, -0.25) is 14.5 Å². The molecular weight excluding hydrogens is 356 g/mol. The Balaban J connectivity index is 1.57. The van der Waals surface area contributed by atoms with E-state index in [0.29, 0.717) is 18.0 Å². The second kappa shape index (κ2) is 7.70. The first kappa shape index (κ1) is 18.6. The molecule has 6 heteroatoms. The molecule has 28 heavy (non-hydrogen) atoms. The fourth-order valence-electron chi connectivity index (χ4n) is 4.12. The van der Waals surface area contributed by atoms with Gasteiger partial charge >= 0.3 is 0 Å². The number of amides is 2. The van der Waals surface area contributed by atoms with Crippen molar-refractivity contribution in [1.29, 1.82) is 0 Å². The lowest BCUT2D eigenvalue weighted by Crippen LogP contribution is -2.51. The molecule has 2 heterocycles. The number of fused-ring (bicyclic) bond motifs is 1. The molecule has 0 saturated heterocycles. The van der Waals surface area contributed by atoms with Gasteiger partial charge in [-0.15, -0.1) is 0 Å². The maximum atomic E-state index is 13.3. The summed E-state index contributed by atoms with van der Waals surface area (Å²) in [7, 11) is 0. The van der Waals surface area contributed by atoms with E-state index in [9.17, 15) is 9.59 Å². The van der Waals surface area contributed by atoms with Crippen molar-refractivity contribution >= 4 is 17.5 Å². The molecule has 6 nitrogen and oxygen atoms in total. The van der Waals surface area contributed by atoms with Crippen LogP contribution in [0.15, 0.2) is 40.8 Å². The Morgan fingerprint density at radius 1 is 1.18 bits per heavy atom. The van der Waals surface area contributed by atoms with Crippen LogP contribution in [-0.2, 0) is 16.1 Å². The Morgan fingerprint density at radius 2 is 1.93 bits per heavy atom. The van der Waals surface area contributed by atoms with Gasteiger partial charge in [0.2, 0.25) is 5.91 Å². The van der Waals surface area contributed by atoms with Gasteiger partial charge in [-0.25, -0.2) is 0 Å². The highest BCUT2D eigenvalue weighted by Gasteiger charge is 2.35. The molecule has 1 aromatic heterocycles. The van der Waals surface area contributed by atoms with Gasteiger partial charge in [0.1, 0.15) is 23.8 Å². The Bertz CT molecular complexity index is 869. The number of carbonyl (C=O) groups excluding carboxylic acids is 2. The van der Waals surface area contributed by atoms with Crippen LogP contribution in [0.5, 0.6) is 5.75 Å². The molecule has 2 amide bonds. The molecule has 1 aliphatic heterocycles. The van der Waals surface area contributed by atoms with E-state index in [0.717, 1.165) is 37.2 Å². The van der Waals surface area contributed by atoms with Crippen LogP contribution in [0.1, 0.15) is 44.1 Å². The molecule has 1 aliphatic carbocycles. The summed E-state index contributed by atoms with van der Waals surface area (Å²) in [5.74, 6) is 2.00. The van der Waals surface area contributed by atoms with E-state index in [-0.39, 0.29) is 24.4 Å². The second-order valence-corrected chi connectivity index (χ2v) is 7.62. The highest BCUT2D eigenvalue weighted by Crippen LogP contribution is 2.34. The summed E-state index contributed by atoms with van der Waals surface area (Å²) in [6.45, 7) is 4.07. The third kappa shape index (κ3) is 3.63. The minimum absolute atomic E-state index is 0.0136. The summed E-state index contributed by atoms with van der Waals surface area (Å²) in [5.41, 5.74) is 0.652. The van der Waals surface area contributed by atoms with Crippen molar-refractivity contribution in [2.75, 3.05) is 11.4 Å². The van der Waals surface area contributed by atoms with E-state index < -0.39 is 6.10 Å². The molecule has 2 aromatic rings. The molecule has 0 spiro atoms. The van der Waals surface area contributed by atoms with Crippen LogP contribution in [0.2, 0.25) is 0 Å². The number of carbonyl (C=O) groups is 2. The van der Waals surface area contributed by atoms with Crippen molar-refractivity contribution in [3.63, 3.8) is 0 Å². The second-order valence-electron chi connectivity index (χ2n) is 7.62. The van der Waals surface area contributed by atoms with Crippen molar-refractivity contribution in [1.82, 2.24) is 4.90 Å². The molecule has 4 rings (SSSR count). The molecule has 148 valence electrons. The number of ether oxygens (including phenoxy) is 1. The lowest BCUT2D eigenvalue weighted by atomic mass is 10.1. The van der Waals surface area contributed by atoms with Crippen LogP contribution < -0.4 is 9.64 Å². The Kier molecular flexibility index (Phi) is 5.11. The summed E-state index contributed by atoms with van der Waals surface area (Å²) in [4.78, 5) is 29.5. The molecule has 0 radical (unpaired) electrons. The first-order valence-corrected chi connectivity index (χ1v) is 9.95. The fraction of sp³-hybridized carbons (Fsp3) is 0.455. The van der Waals surface area contributed by atoms with Gasteiger partial charge in [0.05, 0.1) is 12.2 Å². The zero-order valence-electron chi connectivity index (χ0n) is 16.4. The molecule has 1 saturated carbocycles. The number of rotatable bonds is 5. The van der Waals surface area contributed by atoms with Crippen molar-refractivity contribution in [3.05, 3.63) is 47.9 Å². The van der Waals surface area contributed by atoms with E-state index in [1.165, 1.54) is 0 Å². The van der Waals surface area contributed by atoms with E-state index >= 15 is 0 Å². The van der Waals surface area contributed by atoms with Crippen LogP contribution in [0, 0.1) is 6.92 Å². The number of nitrogens with zero attached hydrogens (tertiary/aromatic N) is 2. The zero-order valence-corrected chi connectivity index (χ0v) is 16.4. The highest BCUT2D eigenvalue weighted by atomic mass is 16.5. The smallest absolute Gasteiger partial charge is 0.268 e. The molecule has 0 N–H and O–H groups in total. The number of benzene rings is 1.